The number of hydrogen-bond acceptors (Lipinski definition) is 3. The van der Waals surface area contributed by atoms with Crippen molar-refractivity contribution in [2.24, 2.45) is 5.14 Å². The summed E-state index contributed by atoms with van der Waals surface area (Å²) in [7, 11) is -3.54. The fourth-order valence-corrected chi connectivity index (χ4v) is 1.31. The number of ether oxygens (including phenoxy) is 1. The van der Waals surface area contributed by atoms with Gasteiger partial charge in [-0.15, -0.1) is 0 Å². The molecule has 84 valence electrons. The molecule has 6 heteroatoms. The highest BCUT2D eigenvalue weighted by Crippen LogP contribution is 2.18. The van der Waals surface area contributed by atoms with Crippen molar-refractivity contribution in [1.29, 1.82) is 0 Å². The van der Waals surface area contributed by atoms with Gasteiger partial charge in [-0.05, 0) is 18.6 Å². The van der Waals surface area contributed by atoms with E-state index in [1.807, 2.05) is 0 Å². The Hall–Kier alpha value is -1.14. The van der Waals surface area contributed by atoms with Gasteiger partial charge < -0.3 is 4.74 Å². The molecule has 1 aromatic carbocycles. The second kappa shape index (κ2) is 4.59. The van der Waals surface area contributed by atoms with Crippen molar-refractivity contribution in [1.82, 2.24) is 0 Å². The van der Waals surface area contributed by atoms with Gasteiger partial charge >= 0.3 is 0 Å². The third kappa shape index (κ3) is 4.26. The standard InChI is InChI=1S/C9H12FNO3S/c1-7-2-3-8(10)6-9(7)14-4-5-15(11,12)13/h2-3,6H,4-5H2,1H3,(H2,11,12,13). The summed E-state index contributed by atoms with van der Waals surface area (Å²) in [4.78, 5) is 0. The number of aryl methyl sites for hydroxylation is 1. The molecule has 0 spiro atoms. The van der Waals surface area contributed by atoms with Crippen molar-refractivity contribution < 1.29 is 17.5 Å². The van der Waals surface area contributed by atoms with E-state index in [0.29, 0.717) is 5.75 Å². The molecule has 0 aliphatic carbocycles. The van der Waals surface area contributed by atoms with Gasteiger partial charge in [-0.1, -0.05) is 6.07 Å². The molecule has 0 heterocycles. The highest BCUT2D eigenvalue weighted by atomic mass is 32.2. The van der Waals surface area contributed by atoms with Crippen LogP contribution in [0.5, 0.6) is 5.75 Å². The molecule has 15 heavy (non-hydrogen) atoms. The predicted octanol–water partition coefficient (Wildman–Crippen LogP) is 0.801. The zero-order valence-electron chi connectivity index (χ0n) is 8.23. The van der Waals surface area contributed by atoms with E-state index in [0.717, 1.165) is 5.56 Å². The first kappa shape index (κ1) is 11.9. The Labute approximate surface area is 87.9 Å². The van der Waals surface area contributed by atoms with Crippen molar-refractivity contribution >= 4 is 10.0 Å². The average molecular weight is 233 g/mol. The lowest BCUT2D eigenvalue weighted by atomic mass is 10.2. The largest absolute Gasteiger partial charge is 0.492 e. The van der Waals surface area contributed by atoms with E-state index >= 15 is 0 Å². The Morgan fingerprint density at radius 3 is 2.73 bits per heavy atom. The second-order valence-corrected chi connectivity index (χ2v) is 4.86. The fraction of sp³-hybridized carbons (Fsp3) is 0.333. The maximum atomic E-state index is 12.8. The maximum Gasteiger partial charge on any atom is 0.212 e. The zero-order valence-corrected chi connectivity index (χ0v) is 9.05. The molecule has 0 amide bonds. The van der Waals surface area contributed by atoms with Crippen molar-refractivity contribution in [3.63, 3.8) is 0 Å². The first-order chi connectivity index (χ1) is 6.88. The third-order valence-corrected chi connectivity index (χ3v) is 2.51. The maximum absolute atomic E-state index is 12.8. The summed E-state index contributed by atoms with van der Waals surface area (Å²) in [5.41, 5.74) is 0.741. The SMILES string of the molecule is Cc1ccc(F)cc1OCCS(N)(=O)=O. The van der Waals surface area contributed by atoms with E-state index in [1.54, 1.807) is 13.0 Å². The lowest BCUT2D eigenvalue weighted by Crippen LogP contribution is -2.21. The second-order valence-electron chi connectivity index (χ2n) is 3.13. The Morgan fingerprint density at radius 2 is 2.13 bits per heavy atom. The summed E-state index contributed by atoms with van der Waals surface area (Å²) >= 11 is 0. The van der Waals surface area contributed by atoms with E-state index in [4.69, 9.17) is 9.88 Å². The molecule has 0 aromatic heterocycles. The van der Waals surface area contributed by atoms with Gasteiger partial charge in [0, 0.05) is 6.07 Å². The first-order valence-electron chi connectivity index (χ1n) is 4.28. The van der Waals surface area contributed by atoms with Gasteiger partial charge in [-0.3, -0.25) is 0 Å². The van der Waals surface area contributed by atoms with E-state index in [1.165, 1.54) is 12.1 Å². The van der Waals surface area contributed by atoms with Crippen LogP contribution in [-0.2, 0) is 10.0 Å². The summed E-state index contributed by atoms with van der Waals surface area (Å²) in [6, 6.07) is 4.07. The molecule has 1 rings (SSSR count). The van der Waals surface area contributed by atoms with Crippen LogP contribution in [0, 0.1) is 12.7 Å². The monoisotopic (exact) mass is 233 g/mol. The number of hydrogen-bond donors (Lipinski definition) is 1. The van der Waals surface area contributed by atoms with Gasteiger partial charge in [-0.2, -0.15) is 0 Å². The normalized spacial score (nSPS) is 11.4. The molecule has 0 aliphatic heterocycles. The predicted molar refractivity (Wildman–Crippen MR) is 54.6 cm³/mol. The molecule has 0 saturated carbocycles. The molecule has 2 N–H and O–H groups in total. The molecule has 0 fully saturated rings. The lowest BCUT2D eigenvalue weighted by molar-refractivity contribution is 0.336. The van der Waals surface area contributed by atoms with Gasteiger partial charge in [0.2, 0.25) is 10.0 Å². The Bertz CT molecular complexity index is 445. The molecule has 4 nitrogen and oxygen atoms in total. The van der Waals surface area contributed by atoms with Crippen molar-refractivity contribution in [2.45, 2.75) is 6.92 Å². The van der Waals surface area contributed by atoms with Crippen molar-refractivity contribution in [3.05, 3.63) is 29.6 Å². The highest BCUT2D eigenvalue weighted by molar-refractivity contribution is 7.89. The van der Waals surface area contributed by atoms with Crippen LogP contribution in [0.4, 0.5) is 4.39 Å². The number of nitrogens with two attached hydrogens (primary N) is 1. The van der Waals surface area contributed by atoms with Crippen LogP contribution in [-0.4, -0.2) is 20.8 Å². The fourth-order valence-electron chi connectivity index (χ4n) is 0.997. The van der Waals surface area contributed by atoms with Crippen LogP contribution < -0.4 is 9.88 Å². The molecule has 1 aromatic rings. The Kier molecular flexibility index (Phi) is 3.65. The van der Waals surface area contributed by atoms with Crippen LogP contribution >= 0.6 is 0 Å². The number of halogens is 1. The van der Waals surface area contributed by atoms with E-state index in [2.05, 4.69) is 0 Å². The number of rotatable bonds is 4. The molecule has 0 atom stereocenters. The van der Waals surface area contributed by atoms with Gasteiger partial charge in [0.05, 0.1) is 5.75 Å². The van der Waals surface area contributed by atoms with Gasteiger partial charge in [0.15, 0.2) is 0 Å². The molecular formula is C9H12FNO3S. The Balaban J connectivity index is 2.61. The quantitative estimate of drug-likeness (QED) is 0.836. The van der Waals surface area contributed by atoms with Gasteiger partial charge in [-0.25, -0.2) is 17.9 Å². The van der Waals surface area contributed by atoms with Crippen LogP contribution in [0.3, 0.4) is 0 Å². The summed E-state index contributed by atoms with van der Waals surface area (Å²) in [6.45, 7) is 1.66. The first-order valence-corrected chi connectivity index (χ1v) is 5.99. The summed E-state index contributed by atoms with van der Waals surface area (Å²) in [5, 5.41) is 4.79. The number of benzene rings is 1. The van der Waals surface area contributed by atoms with Crippen molar-refractivity contribution in [3.8, 4) is 5.75 Å². The lowest BCUT2D eigenvalue weighted by Gasteiger charge is -2.07. The minimum atomic E-state index is -3.54. The average Bonchev–Trinajstić information content (AvgIpc) is 2.09. The van der Waals surface area contributed by atoms with Gasteiger partial charge in [0.25, 0.3) is 0 Å². The molecule has 0 bridgehead atoms. The number of primary sulfonamides is 1. The molecule has 0 aliphatic rings. The molecule has 0 unspecified atom stereocenters. The topological polar surface area (TPSA) is 69.4 Å². The summed E-state index contributed by atoms with van der Waals surface area (Å²) < 4.78 is 39.1. The van der Waals surface area contributed by atoms with Crippen LogP contribution in [0.25, 0.3) is 0 Å². The molecular weight excluding hydrogens is 221 g/mol. The summed E-state index contributed by atoms with van der Waals surface area (Å²) in [6.07, 6.45) is 0. The minimum Gasteiger partial charge on any atom is -0.492 e. The van der Waals surface area contributed by atoms with Crippen molar-refractivity contribution in [2.75, 3.05) is 12.4 Å². The van der Waals surface area contributed by atoms with Gasteiger partial charge in [0.1, 0.15) is 18.2 Å². The summed E-state index contributed by atoms with van der Waals surface area (Å²) in [5.74, 6) is -0.381. The van der Waals surface area contributed by atoms with E-state index in [-0.39, 0.29) is 12.4 Å². The molecule has 0 radical (unpaired) electrons. The molecule has 0 saturated heterocycles. The minimum absolute atomic E-state index is 0.0802. The van der Waals surface area contributed by atoms with Crippen LogP contribution in [0.1, 0.15) is 5.56 Å². The van der Waals surface area contributed by atoms with E-state index < -0.39 is 15.8 Å². The third-order valence-electron chi connectivity index (χ3n) is 1.78. The smallest absolute Gasteiger partial charge is 0.212 e. The number of sulfonamides is 1. The zero-order chi connectivity index (χ0) is 11.5. The highest BCUT2D eigenvalue weighted by Gasteiger charge is 2.05. The Morgan fingerprint density at radius 1 is 1.47 bits per heavy atom. The van der Waals surface area contributed by atoms with E-state index in [9.17, 15) is 12.8 Å². The van der Waals surface area contributed by atoms with Crippen LogP contribution in [0.2, 0.25) is 0 Å². The van der Waals surface area contributed by atoms with Crippen LogP contribution in [0.15, 0.2) is 18.2 Å².